The molecule has 3 aromatic rings. The number of hydrogen-bond donors (Lipinski definition) is 4. The fraction of sp³-hybridized carbons (Fsp3) is 0.345. The van der Waals surface area contributed by atoms with Crippen molar-refractivity contribution in [3.63, 3.8) is 0 Å². The van der Waals surface area contributed by atoms with Gasteiger partial charge in [-0.3, -0.25) is 10.1 Å². The number of aryl methyl sites for hydroxylation is 2. The van der Waals surface area contributed by atoms with Crippen LogP contribution < -0.4 is 26.2 Å². The van der Waals surface area contributed by atoms with Crippen LogP contribution in [0.4, 0.5) is 0 Å². The molecule has 3 aromatic carbocycles. The topological polar surface area (TPSA) is 74.4 Å². The smallest absolute Gasteiger partial charge is 0.223 e. The molecule has 0 aliphatic carbocycles. The maximum atomic E-state index is 13.7. The normalized spacial score (nSPS) is 25.6. The van der Waals surface area contributed by atoms with E-state index in [0.29, 0.717) is 6.54 Å². The Balaban J connectivity index is 1.40. The second-order valence-electron chi connectivity index (χ2n) is 9.77. The average Bonchev–Trinajstić information content (AvgIpc) is 3.32. The zero-order chi connectivity index (χ0) is 24.4. The first-order valence-corrected chi connectivity index (χ1v) is 12.3. The molecule has 2 saturated heterocycles. The van der Waals surface area contributed by atoms with Gasteiger partial charge in [-0.2, -0.15) is 0 Å². The van der Waals surface area contributed by atoms with Crippen molar-refractivity contribution in [2.24, 2.45) is 11.8 Å². The number of benzene rings is 3. The molecule has 4 N–H and O–H groups in total. The average molecular weight is 471 g/mol. The van der Waals surface area contributed by atoms with Crippen LogP contribution in [-0.2, 0) is 11.3 Å². The highest BCUT2D eigenvalue weighted by atomic mass is 16.5. The molecular formula is C29H34N4O2. The van der Waals surface area contributed by atoms with E-state index < -0.39 is 0 Å². The van der Waals surface area contributed by atoms with Gasteiger partial charge < -0.3 is 10.1 Å². The highest BCUT2D eigenvalue weighted by Gasteiger charge is 2.49. The Kier molecular flexibility index (Phi) is 6.86. The standard InChI is InChI=1S/C29H34N4O2/c1-18-4-8-20(9-5-18)17-30-29(34)24-16-25(21-12-14-23(35-3)15-13-21)31-28-26(24)27(32-33-28)22-10-6-19(2)7-11-22/h4-15,24-28,31-33H,16-17H2,1-3H3,(H,30,34). The van der Waals surface area contributed by atoms with E-state index in [9.17, 15) is 4.79 Å². The Morgan fingerprint density at radius 3 is 2.17 bits per heavy atom. The first-order valence-electron chi connectivity index (χ1n) is 12.3. The lowest BCUT2D eigenvalue weighted by Crippen LogP contribution is -2.54. The van der Waals surface area contributed by atoms with Crippen molar-refractivity contribution in [3.8, 4) is 5.75 Å². The van der Waals surface area contributed by atoms with Gasteiger partial charge in [0.05, 0.1) is 19.3 Å². The van der Waals surface area contributed by atoms with Crippen LogP contribution in [0.3, 0.4) is 0 Å². The summed E-state index contributed by atoms with van der Waals surface area (Å²) in [6, 6.07) is 25.1. The molecule has 0 aromatic heterocycles. The van der Waals surface area contributed by atoms with Gasteiger partial charge in [-0.25, -0.2) is 10.9 Å². The maximum absolute atomic E-state index is 13.7. The zero-order valence-electron chi connectivity index (χ0n) is 20.5. The molecule has 5 unspecified atom stereocenters. The largest absolute Gasteiger partial charge is 0.497 e. The molecule has 2 aliphatic heterocycles. The molecule has 182 valence electrons. The van der Waals surface area contributed by atoms with Crippen molar-refractivity contribution in [1.82, 2.24) is 21.5 Å². The number of amides is 1. The van der Waals surface area contributed by atoms with Crippen LogP contribution in [0.2, 0.25) is 0 Å². The molecule has 2 fully saturated rings. The van der Waals surface area contributed by atoms with Crippen LogP contribution in [0.5, 0.6) is 5.75 Å². The van der Waals surface area contributed by atoms with E-state index in [0.717, 1.165) is 23.3 Å². The number of methoxy groups -OCH3 is 1. The Morgan fingerprint density at radius 2 is 1.51 bits per heavy atom. The van der Waals surface area contributed by atoms with Gasteiger partial charge >= 0.3 is 0 Å². The molecule has 35 heavy (non-hydrogen) atoms. The van der Waals surface area contributed by atoms with Crippen LogP contribution in [0.15, 0.2) is 72.8 Å². The van der Waals surface area contributed by atoms with E-state index in [-0.39, 0.29) is 36.0 Å². The van der Waals surface area contributed by atoms with Gasteiger partial charge in [0.2, 0.25) is 5.91 Å². The van der Waals surface area contributed by atoms with Crippen molar-refractivity contribution in [2.45, 2.75) is 45.1 Å². The molecule has 0 saturated carbocycles. The summed E-state index contributed by atoms with van der Waals surface area (Å²) < 4.78 is 5.33. The number of hydrogen-bond acceptors (Lipinski definition) is 5. The van der Waals surface area contributed by atoms with E-state index in [2.05, 4.69) is 96.0 Å². The monoisotopic (exact) mass is 470 g/mol. The third-order valence-electron chi connectivity index (χ3n) is 7.38. The predicted octanol–water partition coefficient (Wildman–Crippen LogP) is 4.07. The van der Waals surface area contributed by atoms with Gasteiger partial charge in [0.15, 0.2) is 0 Å². The van der Waals surface area contributed by atoms with Crippen LogP contribution in [-0.4, -0.2) is 19.2 Å². The summed E-state index contributed by atoms with van der Waals surface area (Å²) >= 11 is 0. The van der Waals surface area contributed by atoms with E-state index in [1.54, 1.807) is 7.11 Å². The number of rotatable bonds is 6. The Hall–Kier alpha value is -3.19. The molecule has 0 radical (unpaired) electrons. The van der Waals surface area contributed by atoms with Gasteiger partial charge in [-0.15, -0.1) is 0 Å². The zero-order valence-corrected chi connectivity index (χ0v) is 20.5. The molecule has 2 aliphatic rings. The number of carbonyl (C=O) groups is 1. The van der Waals surface area contributed by atoms with Gasteiger partial charge in [0, 0.05) is 24.4 Å². The predicted molar refractivity (Wildman–Crippen MR) is 137 cm³/mol. The Morgan fingerprint density at radius 1 is 0.886 bits per heavy atom. The molecular weight excluding hydrogens is 436 g/mol. The fourth-order valence-corrected chi connectivity index (χ4v) is 5.33. The molecule has 1 amide bonds. The number of nitrogens with one attached hydrogen (secondary N) is 4. The minimum absolute atomic E-state index is 0.0303. The van der Waals surface area contributed by atoms with Crippen LogP contribution in [0, 0.1) is 25.7 Å². The molecule has 0 bridgehead atoms. The summed E-state index contributed by atoms with van der Waals surface area (Å²) in [7, 11) is 1.67. The summed E-state index contributed by atoms with van der Waals surface area (Å²) in [5, 5.41) is 6.98. The first kappa shape index (κ1) is 23.5. The second-order valence-corrected chi connectivity index (χ2v) is 9.77. The Labute approximate surface area is 207 Å². The van der Waals surface area contributed by atoms with Crippen LogP contribution in [0.1, 0.15) is 46.3 Å². The van der Waals surface area contributed by atoms with Crippen molar-refractivity contribution in [3.05, 3.63) is 101 Å². The number of hydrazine groups is 1. The van der Waals surface area contributed by atoms with Gasteiger partial charge in [-0.1, -0.05) is 71.8 Å². The summed E-state index contributed by atoms with van der Waals surface area (Å²) in [6.07, 6.45) is 0.691. The summed E-state index contributed by atoms with van der Waals surface area (Å²) in [6.45, 7) is 4.70. The van der Waals surface area contributed by atoms with Crippen molar-refractivity contribution in [1.29, 1.82) is 0 Å². The maximum Gasteiger partial charge on any atom is 0.223 e. The lowest BCUT2D eigenvalue weighted by Gasteiger charge is -2.40. The number of carbonyl (C=O) groups excluding carboxylic acids is 1. The molecule has 5 rings (SSSR count). The van der Waals surface area contributed by atoms with Crippen LogP contribution >= 0.6 is 0 Å². The molecule has 0 spiro atoms. The summed E-state index contributed by atoms with van der Waals surface area (Å²) in [5.41, 5.74) is 12.8. The van der Waals surface area contributed by atoms with Gasteiger partial charge in [0.25, 0.3) is 0 Å². The van der Waals surface area contributed by atoms with Gasteiger partial charge in [-0.05, 0) is 49.1 Å². The van der Waals surface area contributed by atoms with E-state index in [4.69, 9.17) is 4.74 Å². The molecule has 6 heteroatoms. The SMILES string of the molecule is COc1ccc(C2CC(C(=O)NCc3ccc(C)cc3)C3C(NNC3c3ccc(C)cc3)N2)cc1. The quantitative estimate of drug-likeness (QED) is 0.437. The third-order valence-corrected chi connectivity index (χ3v) is 7.38. The van der Waals surface area contributed by atoms with E-state index in [1.165, 1.54) is 16.7 Å². The summed E-state index contributed by atoms with van der Waals surface area (Å²) in [4.78, 5) is 13.7. The second kappa shape index (κ2) is 10.2. The minimum Gasteiger partial charge on any atom is -0.497 e. The first-order chi connectivity index (χ1) is 17.0. The van der Waals surface area contributed by atoms with E-state index in [1.807, 2.05) is 12.1 Å². The lowest BCUT2D eigenvalue weighted by molar-refractivity contribution is -0.129. The van der Waals surface area contributed by atoms with Crippen molar-refractivity contribution < 1.29 is 9.53 Å². The van der Waals surface area contributed by atoms with Crippen LogP contribution in [0.25, 0.3) is 0 Å². The van der Waals surface area contributed by atoms with Gasteiger partial charge in [0.1, 0.15) is 5.75 Å². The third kappa shape index (κ3) is 5.10. The highest BCUT2D eigenvalue weighted by molar-refractivity contribution is 5.79. The molecule has 2 heterocycles. The number of fused-ring (bicyclic) bond motifs is 1. The minimum atomic E-state index is -0.160. The lowest BCUT2D eigenvalue weighted by atomic mass is 9.74. The summed E-state index contributed by atoms with van der Waals surface area (Å²) in [5.74, 6) is 0.843. The molecule has 5 atom stereocenters. The highest BCUT2D eigenvalue weighted by Crippen LogP contribution is 2.42. The van der Waals surface area contributed by atoms with Crippen molar-refractivity contribution >= 4 is 5.91 Å². The number of ether oxygens (including phenoxy) is 1. The van der Waals surface area contributed by atoms with E-state index >= 15 is 0 Å². The molecule has 6 nitrogen and oxygen atoms in total. The Bertz CT molecular complexity index is 1140. The fourth-order valence-electron chi connectivity index (χ4n) is 5.33. The number of piperidine rings is 1. The van der Waals surface area contributed by atoms with Crippen molar-refractivity contribution in [2.75, 3.05) is 7.11 Å².